The highest BCUT2D eigenvalue weighted by atomic mass is 16.4. The van der Waals surface area contributed by atoms with Crippen molar-refractivity contribution in [2.75, 3.05) is 0 Å². The summed E-state index contributed by atoms with van der Waals surface area (Å²) in [6, 6.07) is 10.1. The molecule has 0 aliphatic rings. The van der Waals surface area contributed by atoms with Crippen LogP contribution in [-0.2, 0) is 11.8 Å². The van der Waals surface area contributed by atoms with Crippen LogP contribution in [0.1, 0.15) is 39.1 Å². The van der Waals surface area contributed by atoms with Crippen LogP contribution < -0.4 is 0 Å². The van der Waals surface area contributed by atoms with Crippen molar-refractivity contribution < 1.29 is 4.42 Å². The van der Waals surface area contributed by atoms with E-state index in [0.717, 1.165) is 29.3 Å². The van der Waals surface area contributed by atoms with Crippen LogP contribution in [0.4, 0.5) is 0 Å². The van der Waals surface area contributed by atoms with Gasteiger partial charge in [0.1, 0.15) is 5.76 Å². The Labute approximate surface area is 103 Å². The molecule has 1 aromatic heterocycles. The Morgan fingerprint density at radius 1 is 1.12 bits per heavy atom. The van der Waals surface area contributed by atoms with E-state index in [0.29, 0.717) is 0 Å². The second-order valence-corrected chi connectivity index (χ2v) is 5.26. The molecule has 17 heavy (non-hydrogen) atoms. The van der Waals surface area contributed by atoms with Gasteiger partial charge in [0.2, 0.25) is 5.89 Å². The van der Waals surface area contributed by atoms with Gasteiger partial charge >= 0.3 is 0 Å². The summed E-state index contributed by atoms with van der Waals surface area (Å²) >= 11 is 0. The zero-order valence-corrected chi connectivity index (χ0v) is 10.9. The van der Waals surface area contributed by atoms with E-state index in [1.807, 2.05) is 30.3 Å². The number of rotatable bonds is 2. The minimum atomic E-state index is 0.0296. The van der Waals surface area contributed by atoms with E-state index in [1.165, 1.54) is 0 Å². The van der Waals surface area contributed by atoms with E-state index in [9.17, 15) is 0 Å². The molecule has 0 aliphatic heterocycles. The fourth-order valence-corrected chi connectivity index (χ4v) is 1.88. The van der Waals surface area contributed by atoms with Crippen molar-refractivity contribution in [3.05, 3.63) is 41.8 Å². The average Bonchev–Trinajstić information content (AvgIpc) is 2.74. The first kappa shape index (κ1) is 11.9. The lowest BCUT2D eigenvalue weighted by atomic mass is 9.90. The third-order valence-corrected chi connectivity index (χ3v) is 2.75. The predicted octanol–water partition coefficient (Wildman–Crippen LogP) is 4.20. The van der Waals surface area contributed by atoms with Gasteiger partial charge in [0, 0.05) is 17.4 Å². The van der Waals surface area contributed by atoms with Crippen LogP contribution in [0.3, 0.4) is 0 Å². The summed E-state index contributed by atoms with van der Waals surface area (Å²) in [5.74, 6) is 1.73. The first-order chi connectivity index (χ1) is 8.02. The lowest BCUT2D eigenvalue weighted by Gasteiger charge is -2.15. The molecule has 0 spiro atoms. The summed E-state index contributed by atoms with van der Waals surface area (Å²) in [6.07, 6.45) is 0.881. The molecule has 0 saturated carbocycles. The van der Waals surface area contributed by atoms with Crippen LogP contribution in [0.15, 0.2) is 34.7 Å². The molecule has 2 rings (SSSR count). The molecule has 2 nitrogen and oxygen atoms in total. The molecule has 90 valence electrons. The fraction of sp³-hybridized carbons (Fsp3) is 0.400. The number of benzene rings is 1. The second-order valence-electron chi connectivity index (χ2n) is 5.26. The van der Waals surface area contributed by atoms with Crippen molar-refractivity contribution in [3.63, 3.8) is 0 Å². The molecule has 0 fully saturated rings. The number of aromatic nitrogens is 1. The van der Waals surface area contributed by atoms with Gasteiger partial charge in [-0.05, 0) is 12.1 Å². The van der Waals surface area contributed by atoms with Gasteiger partial charge in [-0.3, -0.25) is 0 Å². The maximum atomic E-state index is 5.87. The van der Waals surface area contributed by atoms with E-state index in [1.54, 1.807) is 0 Å². The van der Waals surface area contributed by atoms with Crippen molar-refractivity contribution >= 4 is 0 Å². The molecule has 2 heteroatoms. The zero-order valence-electron chi connectivity index (χ0n) is 10.9. The van der Waals surface area contributed by atoms with Gasteiger partial charge in [-0.2, -0.15) is 0 Å². The molecule has 0 saturated heterocycles. The molecule has 0 N–H and O–H groups in total. The molecule has 0 amide bonds. The highest BCUT2D eigenvalue weighted by Gasteiger charge is 2.24. The normalized spacial score (nSPS) is 11.8. The van der Waals surface area contributed by atoms with E-state index < -0.39 is 0 Å². The Morgan fingerprint density at radius 2 is 1.76 bits per heavy atom. The van der Waals surface area contributed by atoms with Gasteiger partial charge in [0.15, 0.2) is 0 Å². The van der Waals surface area contributed by atoms with Crippen LogP contribution in [0.5, 0.6) is 0 Å². The predicted molar refractivity (Wildman–Crippen MR) is 70.0 cm³/mol. The molecular weight excluding hydrogens is 210 g/mol. The number of oxazole rings is 1. The molecule has 0 radical (unpaired) electrons. The standard InChI is InChI=1S/C15H19NO/c1-5-12-13(15(2,3)4)16-14(17-12)11-9-7-6-8-10-11/h6-10H,5H2,1-4H3. The van der Waals surface area contributed by atoms with E-state index >= 15 is 0 Å². The quantitative estimate of drug-likeness (QED) is 0.771. The van der Waals surface area contributed by atoms with Gasteiger partial charge in [0.25, 0.3) is 0 Å². The molecule has 1 heterocycles. The summed E-state index contributed by atoms with van der Waals surface area (Å²) in [4.78, 5) is 4.66. The minimum Gasteiger partial charge on any atom is -0.441 e. The highest BCUT2D eigenvalue weighted by Crippen LogP contribution is 2.30. The Bertz CT molecular complexity index is 491. The van der Waals surface area contributed by atoms with Crippen LogP contribution in [0.25, 0.3) is 11.5 Å². The van der Waals surface area contributed by atoms with Crippen LogP contribution in [0.2, 0.25) is 0 Å². The summed E-state index contributed by atoms with van der Waals surface area (Å²) < 4.78 is 5.87. The average molecular weight is 229 g/mol. The van der Waals surface area contributed by atoms with Gasteiger partial charge in [-0.15, -0.1) is 0 Å². The summed E-state index contributed by atoms with van der Waals surface area (Å²) in [5, 5.41) is 0. The first-order valence-electron chi connectivity index (χ1n) is 6.08. The van der Waals surface area contributed by atoms with Crippen LogP contribution in [0, 0.1) is 0 Å². The van der Waals surface area contributed by atoms with Crippen molar-refractivity contribution in [2.24, 2.45) is 0 Å². The lowest BCUT2D eigenvalue weighted by molar-refractivity contribution is 0.498. The number of nitrogens with zero attached hydrogens (tertiary/aromatic N) is 1. The first-order valence-corrected chi connectivity index (χ1v) is 6.08. The highest BCUT2D eigenvalue weighted by molar-refractivity contribution is 5.53. The third-order valence-electron chi connectivity index (χ3n) is 2.75. The minimum absolute atomic E-state index is 0.0296. The molecule has 0 atom stereocenters. The van der Waals surface area contributed by atoms with E-state index in [4.69, 9.17) is 4.42 Å². The van der Waals surface area contributed by atoms with Gasteiger partial charge in [0.05, 0.1) is 5.69 Å². The number of hydrogen-bond donors (Lipinski definition) is 0. The SMILES string of the molecule is CCc1oc(-c2ccccc2)nc1C(C)(C)C. The lowest BCUT2D eigenvalue weighted by Crippen LogP contribution is -2.13. The number of aryl methyl sites for hydroxylation is 1. The third kappa shape index (κ3) is 2.41. The van der Waals surface area contributed by atoms with E-state index in [-0.39, 0.29) is 5.41 Å². The molecule has 2 aromatic rings. The topological polar surface area (TPSA) is 26.0 Å². The smallest absolute Gasteiger partial charge is 0.226 e. The summed E-state index contributed by atoms with van der Waals surface area (Å²) in [5.41, 5.74) is 2.14. The van der Waals surface area contributed by atoms with Crippen molar-refractivity contribution in [2.45, 2.75) is 39.5 Å². The molecular formula is C15H19NO. The zero-order chi connectivity index (χ0) is 12.5. The van der Waals surface area contributed by atoms with Crippen molar-refractivity contribution in [1.82, 2.24) is 4.98 Å². The van der Waals surface area contributed by atoms with Crippen LogP contribution >= 0.6 is 0 Å². The van der Waals surface area contributed by atoms with Gasteiger partial charge < -0.3 is 4.42 Å². The summed E-state index contributed by atoms with van der Waals surface area (Å²) in [6.45, 7) is 8.60. The van der Waals surface area contributed by atoms with Crippen molar-refractivity contribution in [1.29, 1.82) is 0 Å². The molecule has 1 aromatic carbocycles. The second kappa shape index (κ2) is 4.36. The largest absolute Gasteiger partial charge is 0.441 e. The number of hydrogen-bond acceptors (Lipinski definition) is 2. The molecule has 0 unspecified atom stereocenters. The maximum Gasteiger partial charge on any atom is 0.226 e. The molecule has 0 aliphatic carbocycles. The van der Waals surface area contributed by atoms with Gasteiger partial charge in [-0.1, -0.05) is 45.9 Å². The Kier molecular flexibility index (Phi) is 3.05. The maximum absolute atomic E-state index is 5.87. The monoisotopic (exact) mass is 229 g/mol. The molecule has 0 bridgehead atoms. The Hall–Kier alpha value is -1.57. The van der Waals surface area contributed by atoms with Crippen LogP contribution in [-0.4, -0.2) is 4.98 Å². The Morgan fingerprint density at radius 3 is 2.24 bits per heavy atom. The fourth-order valence-electron chi connectivity index (χ4n) is 1.88. The van der Waals surface area contributed by atoms with Crippen molar-refractivity contribution in [3.8, 4) is 11.5 Å². The Balaban J connectivity index is 2.49. The summed E-state index contributed by atoms with van der Waals surface area (Å²) in [7, 11) is 0. The van der Waals surface area contributed by atoms with Gasteiger partial charge in [-0.25, -0.2) is 4.98 Å². The van der Waals surface area contributed by atoms with E-state index in [2.05, 4.69) is 32.7 Å².